The highest BCUT2D eigenvalue weighted by molar-refractivity contribution is 5.46. The van der Waals surface area contributed by atoms with Crippen LogP contribution in [0.3, 0.4) is 0 Å². The molecule has 1 atom stereocenters. The van der Waals surface area contributed by atoms with Crippen molar-refractivity contribution in [2.24, 2.45) is 0 Å². The molecule has 0 amide bonds. The van der Waals surface area contributed by atoms with Crippen LogP contribution in [0.2, 0.25) is 0 Å². The molecule has 0 saturated carbocycles. The van der Waals surface area contributed by atoms with Crippen molar-refractivity contribution in [2.75, 3.05) is 26.2 Å². The lowest BCUT2D eigenvalue weighted by Crippen LogP contribution is -2.44. The lowest BCUT2D eigenvalue weighted by Gasteiger charge is -2.30. The number of rotatable bonds is 3. The van der Waals surface area contributed by atoms with E-state index < -0.39 is 0 Å². The van der Waals surface area contributed by atoms with Crippen LogP contribution in [-0.4, -0.2) is 46.2 Å². The second-order valence-electron chi connectivity index (χ2n) is 5.08. The van der Waals surface area contributed by atoms with E-state index >= 15 is 0 Å². The molecule has 0 bridgehead atoms. The van der Waals surface area contributed by atoms with Gasteiger partial charge >= 0.3 is 0 Å². The van der Waals surface area contributed by atoms with Gasteiger partial charge in [0, 0.05) is 31.9 Å². The number of hydrogen-bond acceptors (Lipinski definition) is 6. The van der Waals surface area contributed by atoms with Crippen molar-refractivity contribution in [3.05, 3.63) is 29.7 Å². The fourth-order valence-electron chi connectivity index (χ4n) is 2.40. The van der Waals surface area contributed by atoms with Gasteiger partial charge in [-0.25, -0.2) is 4.98 Å². The zero-order valence-electron chi connectivity index (χ0n) is 11.8. The van der Waals surface area contributed by atoms with Crippen LogP contribution in [0.4, 0.5) is 0 Å². The van der Waals surface area contributed by atoms with Crippen LogP contribution in [0.15, 0.2) is 22.7 Å². The van der Waals surface area contributed by atoms with Crippen LogP contribution < -0.4 is 5.32 Å². The van der Waals surface area contributed by atoms with Gasteiger partial charge in [0.1, 0.15) is 5.69 Å². The Morgan fingerprint density at radius 1 is 1.25 bits per heavy atom. The molecule has 106 valence electrons. The van der Waals surface area contributed by atoms with Gasteiger partial charge in [0.25, 0.3) is 5.89 Å². The first-order chi connectivity index (χ1) is 9.74. The Labute approximate surface area is 118 Å². The number of aromatic nitrogens is 3. The lowest BCUT2D eigenvalue weighted by molar-refractivity contribution is 0.176. The number of hydrogen-bond donors (Lipinski definition) is 1. The van der Waals surface area contributed by atoms with E-state index in [9.17, 15) is 0 Å². The minimum Gasteiger partial charge on any atom is -0.332 e. The molecular formula is C14H19N5O. The molecule has 1 aliphatic heterocycles. The number of pyridine rings is 1. The number of piperazine rings is 1. The molecule has 1 fully saturated rings. The molecule has 1 aliphatic rings. The van der Waals surface area contributed by atoms with E-state index in [4.69, 9.17) is 4.52 Å². The van der Waals surface area contributed by atoms with Crippen LogP contribution in [0.1, 0.15) is 24.5 Å². The number of aryl methyl sites for hydroxylation is 1. The van der Waals surface area contributed by atoms with Crippen molar-refractivity contribution in [1.82, 2.24) is 25.3 Å². The van der Waals surface area contributed by atoms with Crippen LogP contribution >= 0.6 is 0 Å². The maximum atomic E-state index is 5.35. The highest BCUT2D eigenvalue weighted by Crippen LogP contribution is 2.21. The summed E-state index contributed by atoms with van der Waals surface area (Å²) in [7, 11) is 0. The molecule has 6 nitrogen and oxygen atoms in total. The summed E-state index contributed by atoms with van der Waals surface area (Å²) >= 11 is 0. The van der Waals surface area contributed by atoms with Crippen molar-refractivity contribution >= 4 is 0 Å². The van der Waals surface area contributed by atoms with E-state index in [0.717, 1.165) is 43.4 Å². The third-order valence-electron chi connectivity index (χ3n) is 3.62. The number of nitrogens with zero attached hydrogens (tertiary/aromatic N) is 4. The third kappa shape index (κ3) is 2.71. The topological polar surface area (TPSA) is 67.1 Å². The monoisotopic (exact) mass is 273 g/mol. The molecule has 0 aromatic carbocycles. The maximum Gasteiger partial charge on any atom is 0.276 e. The fourth-order valence-corrected chi connectivity index (χ4v) is 2.40. The smallest absolute Gasteiger partial charge is 0.276 e. The average molecular weight is 273 g/mol. The second-order valence-corrected chi connectivity index (χ2v) is 5.08. The molecule has 20 heavy (non-hydrogen) atoms. The predicted molar refractivity (Wildman–Crippen MR) is 75.1 cm³/mol. The molecule has 2 aromatic rings. The van der Waals surface area contributed by atoms with Crippen LogP contribution in [0.25, 0.3) is 11.6 Å². The van der Waals surface area contributed by atoms with Gasteiger partial charge in [-0.15, -0.1) is 0 Å². The fraction of sp³-hybridized carbons (Fsp3) is 0.500. The molecule has 0 aliphatic carbocycles. The molecule has 1 saturated heterocycles. The van der Waals surface area contributed by atoms with Gasteiger partial charge in [-0.3, -0.25) is 4.90 Å². The molecule has 0 spiro atoms. The summed E-state index contributed by atoms with van der Waals surface area (Å²) in [4.78, 5) is 11.3. The Morgan fingerprint density at radius 2 is 2.05 bits per heavy atom. The SMILES string of the molecule is Cc1cccc(-c2nc(C(C)N3CCNCC3)no2)n1. The zero-order chi connectivity index (χ0) is 13.9. The Hall–Kier alpha value is -1.79. The average Bonchev–Trinajstić information content (AvgIpc) is 2.97. The Balaban J connectivity index is 1.79. The summed E-state index contributed by atoms with van der Waals surface area (Å²) in [5, 5.41) is 7.45. The molecule has 2 aromatic heterocycles. The quantitative estimate of drug-likeness (QED) is 0.912. The summed E-state index contributed by atoms with van der Waals surface area (Å²) in [5.41, 5.74) is 1.67. The van der Waals surface area contributed by atoms with Crippen molar-refractivity contribution in [1.29, 1.82) is 0 Å². The molecular weight excluding hydrogens is 254 g/mol. The minimum absolute atomic E-state index is 0.166. The Bertz CT molecular complexity index is 576. The van der Waals surface area contributed by atoms with Gasteiger partial charge in [-0.1, -0.05) is 11.2 Å². The first kappa shape index (κ1) is 13.2. The molecule has 1 N–H and O–H groups in total. The van der Waals surface area contributed by atoms with Gasteiger partial charge in [-0.2, -0.15) is 4.98 Å². The van der Waals surface area contributed by atoms with Gasteiger partial charge in [0.05, 0.1) is 6.04 Å². The van der Waals surface area contributed by atoms with Crippen molar-refractivity contribution in [3.63, 3.8) is 0 Å². The standard InChI is InChI=1S/C14H19N5O/c1-10-4-3-5-12(16-10)14-17-13(18-20-14)11(2)19-8-6-15-7-9-19/h3-5,11,15H,6-9H2,1-2H3. The van der Waals surface area contributed by atoms with Crippen molar-refractivity contribution < 1.29 is 4.52 Å². The first-order valence-corrected chi connectivity index (χ1v) is 6.96. The summed E-state index contributed by atoms with van der Waals surface area (Å²) < 4.78 is 5.35. The number of nitrogens with one attached hydrogen (secondary N) is 1. The predicted octanol–water partition coefficient (Wildman–Crippen LogP) is 1.41. The Morgan fingerprint density at radius 3 is 2.80 bits per heavy atom. The molecule has 3 rings (SSSR count). The van der Waals surface area contributed by atoms with E-state index in [-0.39, 0.29) is 6.04 Å². The summed E-state index contributed by atoms with van der Waals surface area (Å²) in [6, 6.07) is 5.95. The van der Waals surface area contributed by atoms with E-state index in [1.165, 1.54) is 0 Å². The summed E-state index contributed by atoms with van der Waals surface area (Å²) in [6.45, 7) is 8.10. The highest BCUT2D eigenvalue weighted by Gasteiger charge is 2.22. The van der Waals surface area contributed by atoms with Gasteiger partial charge < -0.3 is 9.84 Å². The summed E-state index contributed by atoms with van der Waals surface area (Å²) in [5.74, 6) is 1.22. The van der Waals surface area contributed by atoms with E-state index in [0.29, 0.717) is 5.89 Å². The Kier molecular flexibility index (Phi) is 3.75. The first-order valence-electron chi connectivity index (χ1n) is 6.96. The second kappa shape index (κ2) is 5.68. The highest BCUT2D eigenvalue weighted by atomic mass is 16.5. The third-order valence-corrected chi connectivity index (χ3v) is 3.62. The molecule has 1 unspecified atom stereocenters. The largest absolute Gasteiger partial charge is 0.332 e. The summed E-state index contributed by atoms with van der Waals surface area (Å²) in [6.07, 6.45) is 0. The van der Waals surface area contributed by atoms with Gasteiger partial charge in [-0.05, 0) is 26.0 Å². The van der Waals surface area contributed by atoms with E-state index in [1.54, 1.807) is 0 Å². The zero-order valence-corrected chi connectivity index (χ0v) is 11.8. The van der Waals surface area contributed by atoms with Crippen molar-refractivity contribution in [3.8, 4) is 11.6 Å². The van der Waals surface area contributed by atoms with Crippen molar-refractivity contribution in [2.45, 2.75) is 19.9 Å². The van der Waals surface area contributed by atoms with Crippen LogP contribution in [0, 0.1) is 6.92 Å². The normalized spacial score (nSPS) is 18.1. The van der Waals surface area contributed by atoms with Crippen LogP contribution in [0.5, 0.6) is 0 Å². The molecule has 6 heteroatoms. The van der Waals surface area contributed by atoms with E-state index in [1.807, 2.05) is 25.1 Å². The lowest BCUT2D eigenvalue weighted by atomic mass is 10.2. The van der Waals surface area contributed by atoms with Gasteiger partial charge in [0.2, 0.25) is 0 Å². The maximum absolute atomic E-state index is 5.35. The van der Waals surface area contributed by atoms with Gasteiger partial charge in [0.15, 0.2) is 5.82 Å². The molecule has 0 radical (unpaired) electrons. The van der Waals surface area contributed by atoms with Crippen LogP contribution in [-0.2, 0) is 0 Å². The minimum atomic E-state index is 0.166. The molecule has 3 heterocycles. The van der Waals surface area contributed by atoms with E-state index in [2.05, 4.69) is 32.3 Å².